The van der Waals surface area contributed by atoms with Gasteiger partial charge in [0, 0.05) is 37.7 Å². The number of likely N-dealkylation sites (N-methyl/N-ethyl adjacent to an activating group) is 1. The van der Waals surface area contributed by atoms with Crippen LogP contribution in [0.15, 0.2) is 0 Å². The summed E-state index contributed by atoms with van der Waals surface area (Å²) >= 11 is 1.70. The van der Waals surface area contributed by atoms with E-state index in [0.717, 1.165) is 25.0 Å². The van der Waals surface area contributed by atoms with Gasteiger partial charge in [0.05, 0.1) is 5.92 Å². The molecule has 1 N–H and O–H groups in total. The molecule has 0 aromatic rings. The summed E-state index contributed by atoms with van der Waals surface area (Å²) in [5.41, 5.74) is 0. The summed E-state index contributed by atoms with van der Waals surface area (Å²) in [6.07, 6.45) is 3.35. The number of hydrogen-bond donors (Lipinski definition) is 1. The quantitative estimate of drug-likeness (QED) is 0.666. The molecule has 1 saturated heterocycles. The van der Waals surface area contributed by atoms with E-state index in [1.54, 1.807) is 30.8 Å². The summed E-state index contributed by atoms with van der Waals surface area (Å²) in [5, 5.41) is 2.97. The summed E-state index contributed by atoms with van der Waals surface area (Å²) in [7, 11) is 3.45. The maximum absolute atomic E-state index is 12.8. The standard InChI is InChI=1S/C17H31N3O3S/c1-6-7-8-13(11-19(4)12-21)15(22)18-14-16(23)20(5)9-10-24-17(14,2)3/h12-14H,6-11H2,1-5H3,(H,18,22)/t13-,14-/m1/s1. The molecule has 0 saturated carbocycles. The van der Waals surface area contributed by atoms with Crippen molar-refractivity contribution in [3.8, 4) is 0 Å². The maximum Gasteiger partial charge on any atom is 0.246 e. The van der Waals surface area contributed by atoms with Gasteiger partial charge in [-0.1, -0.05) is 19.8 Å². The Morgan fingerprint density at radius 1 is 1.54 bits per heavy atom. The number of thioether (sulfide) groups is 1. The van der Waals surface area contributed by atoms with Gasteiger partial charge >= 0.3 is 0 Å². The highest BCUT2D eigenvalue weighted by atomic mass is 32.2. The maximum atomic E-state index is 12.8. The summed E-state index contributed by atoms with van der Waals surface area (Å²) < 4.78 is -0.358. The van der Waals surface area contributed by atoms with Gasteiger partial charge in [-0.3, -0.25) is 14.4 Å². The third-order valence-electron chi connectivity index (χ3n) is 4.47. The largest absolute Gasteiger partial charge is 0.348 e. The van der Waals surface area contributed by atoms with Crippen LogP contribution in [0.5, 0.6) is 0 Å². The Balaban J connectivity index is 2.88. The van der Waals surface area contributed by atoms with Gasteiger partial charge in [0.2, 0.25) is 18.2 Å². The lowest BCUT2D eigenvalue weighted by atomic mass is 9.97. The minimum Gasteiger partial charge on any atom is -0.348 e. The van der Waals surface area contributed by atoms with Crippen molar-refractivity contribution >= 4 is 30.0 Å². The van der Waals surface area contributed by atoms with Crippen LogP contribution in [0.1, 0.15) is 40.0 Å². The second-order valence-electron chi connectivity index (χ2n) is 7.04. The first-order valence-electron chi connectivity index (χ1n) is 8.57. The number of nitrogens with one attached hydrogen (secondary N) is 1. The molecule has 0 unspecified atom stereocenters. The van der Waals surface area contributed by atoms with E-state index in [1.807, 2.05) is 13.8 Å². The van der Waals surface area contributed by atoms with E-state index >= 15 is 0 Å². The van der Waals surface area contributed by atoms with Crippen molar-refractivity contribution in [3.05, 3.63) is 0 Å². The zero-order valence-electron chi connectivity index (χ0n) is 15.5. The lowest BCUT2D eigenvalue weighted by molar-refractivity contribution is -0.137. The van der Waals surface area contributed by atoms with Gasteiger partial charge in [0.25, 0.3) is 0 Å². The van der Waals surface area contributed by atoms with Crippen LogP contribution in [0, 0.1) is 5.92 Å². The molecule has 1 rings (SSSR count). The minimum absolute atomic E-state index is 0.0451. The van der Waals surface area contributed by atoms with Crippen LogP contribution in [-0.2, 0) is 14.4 Å². The molecular formula is C17H31N3O3S. The van der Waals surface area contributed by atoms with Gasteiger partial charge in [-0.25, -0.2) is 0 Å². The molecule has 24 heavy (non-hydrogen) atoms. The van der Waals surface area contributed by atoms with Crippen LogP contribution in [0.2, 0.25) is 0 Å². The molecule has 0 aliphatic carbocycles. The molecule has 1 aliphatic rings. The second kappa shape index (κ2) is 9.30. The van der Waals surface area contributed by atoms with Gasteiger partial charge in [0.15, 0.2) is 0 Å². The van der Waals surface area contributed by atoms with E-state index in [-0.39, 0.29) is 22.5 Å². The Labute approximate surface area is 149 Å². The molecule has 0 bridgehead atoms. The molecule has 2 atom stereocenters. The van der Waals surface area contributed by atoms with Gasteiger partial charge in [-0.05, 0) is 20.3 Å². The van der Waals surface area contributed by atoms with Crippen molar-refractivity contribution in [1.29, 1.82) is 0 Å². The highest BCUT2D eigenvalue weighted by Gasteiger charge is 2.41. The summed E-state index contributed by atoms with van der Waals surface area (Å²) in [6.45, 7) is 7.13. The normalized spacial score (nSPS) is 21.8. The topological polar surface area (TPSA) is 69.7 Å². The van der Waals surface area contributed by atoms with Crippen LogP contribution in [0.3, 0.4) is 0 Å². The number of carbonyl (C=O) groups is 3. The Morgan fingerprint density at radius 2 is 2.21 bits per heavy atom. The van der Waals surface area contributed by atoms with Crippen LogP contribution in [-0.4, -0.2) is 71.8 Å². The van der Waals surface area contributed by atoms with Crippen molar-refractivity contribution in [2.45, 2.75) is 50.8 Å². The summed E-state index contributed by atoms with van der Waals surface area (Å²) in [5.74, 6) is 0.382. The average molecular weight is 358 g/mol. The molecule has 7 heteroatoms. The first-order valence-corrected chi connectivity index (χ1v) is 9.56. The highest BCUT2D eigenvalue weighted by Crippen LogP contribution is 2.32. The number of carbonyl (C=O) groups excluding carboxylic acids is 3. The van der Waals surface area contributed by atoms with E-state index in [2.05, 4.69) is 12.2 Å². The molecule has 1 heterocycles. The number of rotatable bonds is 8. The Morgan fingerprint density at radius 3 is 2.79 bits per heavy atom. The van der Waals surface area contributed by atoms with E-state index in [1.165, 1.54) is 4.90 Å². The van der Waals surface area contributed by atoms with Crippen molar-refractivity contribution < 1.29 is 14.4 Å². The summed E-state index contributed by atoms with van der Waals surface area (Å²) in [6, 6.07) is -0.548. The molecule has 0 radical (unpaired) electrons. The van der Waals surface area contributed by atoms with Gasteiger partial charge in [0.1, 0.15) is 6.04 Å². The fourth-order valence-corrected chi connectivity index (χ4v) is 4.02. The number of nitrogens with zero attached hydrogens (tertiary/aromatic N) is 2. The molecule has 0 aromatic carbocycles. The van der Waals surface area contributed by atoms with E-state index in [0.29, 0.717) is 19.5 Å². The SMILES string of the molecule is CCCC[C@H](CN(C)C=O)C(=O)N[C@@H]1C(=O)N(C)CCSC1(C)C. The predicted molar refractivity (Wildman–Crippen MR) is 97.8 cm³/mol. The first-order chi connectivity index (χ1) is 11.2. The molecule has 0 spiro atoms. The fraction of sp³-hybridized carbons (Fsp3) is 0.824. The second-order valence-corrected chi connectivity index (χ2v) is 8.79. The van der Waals surface area contributed by atoms with Gasteiger partial charge < -0.3 is 15.1 Å². The lowest BCUT2D eigenvalue weighted by Crippen LogP contribution is -2.57. The molecule has 1 aliphatic heterocycles. The van der Waals surface area contributed by atoms with E-state index < -0.39 is 6.04 Å². The molecule has 138 valence electrons. The number of unbranched alkanes of at least 4 members (excludes halogenated alkanes) is 1. The van der Waals surface area contributed by atoms with Gasteiger partial charge in [-0.2, -0.15) is 11.8 Å². The van der Waals surface area contributed by atoms with Crippen LogP contribution < -0.4 is 5.32 Å². The predicted octanol–water partition coefficient (Wildman–Crippen LogP) is 1.35. The molecule has 1 fully saturated rings. The summed E-state index contributed by atoms with van der Waals surface area (Å²) in [4.78, 5) is 39.5. The third kappa shape index (κ3) is 5.69. The van der Waals surface area contributed by atoms with Crippen molar-refractivity contribution in [2.75, 3.05) is 32.9 Å². The fourth-order valence-electron chi connectivity index (χ4n) is 2.80. The zero-order valence-corrected chi connectivity index (χ0v) is 16.3. The van der Waals surface area contributed by atoms with Gasteiger partial charge in [-0.15, -0.1) is 0 Å². The Hall–Kier alpha value is -1.24. The number of hydrogen-bond acceptors (Lipinski definition) is 4. The third-order valence-corrected chi connectivity index (χ3v) is 5.84. The van der Waals surface area contributed by atoms with Crippen molar-refractivity contribution in [1.82, 2.24) is 15.1 Å². The van der Waals surface area contributed by atoms with Crippen LogP contribution in [0.4, 0.5) is 0 Å². The van der Waals surface area contributed by atoms with Crippen LogP contribution >= 0.6 is 11.8 Å². The molecule has 6 nitrogen and oxygen atoms in total. The zero-order chi connectivity index (χ0) is 18.3. The lowest BCUT2D eigenvalue weighted by Gasteiger charge is -2.33. The molecule has 0 aromatic heterocycles. The minimum atomic E-state index is -0.548. The Kier molecular flexibility index (Phi) is 8.06. The highest BCUT2D eigenvalue weighted by molar-refractivity contribution is 8.00. The smallest absolute Gasteiger partial charge is 0.246 e. The average Bonchev–Trinajstić information content (AvgIpc) is 2.62. The molecular weight excluding hydrogens is 326 g/mol. The van der Waals surface area contributed by atoms with Crippen LogP contribution in [0.25, 0.3) is 0 Å². The van der Waals surface area contributed by atoms with Crippen molar-refractivity contribution in [2.24, 2.45) is 5.92 Å². The Bertz CT molecular complexity index is 456. The van der Waals surface area contributed by atoms with E-state index in [4.69, 9.17) is 0 Å². The monoisotopic (exact) mass is 357 g/mol. The molecule has 3 amide bonds. The van der Waals surface area contributed by atoms with Crippen molar-refractivity contribution in [3.63, 3.8) is 0 Å². The van der Waals surface area contributed by atoms with E-state index in [9.17, 15) is 14.4 Å². The number of amides is 3. The first kappa shape index (κ1) is 20.8.